The Morgan fingerprint density at radius 1 is 1.00 bits per heavy atom. The van der Waals surface area contributed by atoms with Gasteiger partial charge in [-0.25, -0.2) is 8.42 Å². The predicted molar refractivity (Wildman–Crippen MR) is 149 cm³/mol. The lowest BCUT2D eigenvalue weighted by Crippen LogP contribution is -2.10. The van der Waals surface area contributed by atoms with E-state index >= 15 is 0 Å². The van der Waals surface area contributed by atoms with Crippen LogP contribution in [0.15, 0.2) is 48.5 Å². The Morgan fingerprint density at radius 2 is 1.82 bits per heavy atom. The molecule has 8 heteroatoms. The van der Waals surface area contributed by atoms with Crippen LogP contribution in [-0.2, 0) is 38.8 Å². The molecule has 1 heterocycles. The molecule has 0 spiro atoms. The Kier molecular flexibility index (Phi) is 7.84. The van der Waals surface area contributed by atoms with Gasteiger partial charge in [-0.3, -0.25) is 4.79 Å². The van der Waals surface area contributed by atoms with E-state index in [-0.39, 0.29) is 17.6 Å². The van der Waals surface area contributed by atoms with Gasteiger partial charge in [0.2, 0.25) is 0 Å². The molecule has 1 atom stereocenters. The van der Waals surface area contributed by atoms with Gasteiger partial charge in [-0.05, 0) is 83.8 Å². The van der Waals surface area contributed by atoms with Gasteiger partial charge in [0.15, 0.2) is 0 Å². The third-order valence-electron chi connectivity index (χ3n) is 7.34. The van der Waals surface area contributed by atoms with Crippen LogP contribution in [-0.4, -0.2) is 46.7 Å². The van der Waals surface area contributed by atoms with Gasteiger partial charge in [-0.15, -0.1) is 0 Å². The van der Waals surface area contributed by atoms with Gasteiger partial charge in [-0.2, -0.15) is 0 Å². The van der Waals surface area contributed by atoms with E-state index in [4.69, 9.17) is 18.9 Å². The molecule has 1 unspecified atom stereocenters. The Balaban J connectivity index is 1.27. The molecule has 0 bridgehead atoms. The fourth-order valence-electron chi connectivity index (χ4n) is 5.40. The summed E-state index contributed by atoms with van der Waals surface area (Å²) in [5.41, 5.74) is 8.25. The molecule has 3 aromatic carbocycles. The lowest BCUT2D eigenvalue weighted by Gasteiger charge is -2.24. The topological polar surface area (TPSA) is 88.1 Å². The first-order valence-corrected chi connectivity index (χ1v) is 15.3. The Morgan fingerprint density at radius 3 is 2.62 bits per heavy atom. The minimum atomic E-state index is -2.98. The molecule has 1 aliphatic carbocycles. The molecular weight excluding hydrogens is 516 g/mol. The van der Waals surface area contributed by atoms with E-state index in [1.807, 2.05) is 24.3 Å². The highest BCUT2D eigenvalue weighted by Crippen LogP contribution is 2.40. The molecule has 0 radical (unpaired) electrons. The van der Waals surface area contributed by atoms with E-state index in [2.05, 4.69) is 31.2 Å². The monoisotopic (exact) mass is 550 g/mol. The van der Waals surface area contributed by atoms with Crippen LogP contribution >= 0.6 is 0 Å². The van der Waals surface area contributed by atoms with Crippen molar-refractivity contribution in [2.24, 2.45) is 0 Å². The lowest BCUT2D eigenvalue weighted by atomic mass is 9.82. The quantitative estimate of drug-likeness (QED) is 0.254. The smallest absolute Gasteiger partial charge is 0.306 e. The minimum Gasteiger partial charge on any atom is -0.494 e. The van der Waals surface area contributed by atoms with Crippen molar-refractivity contribution < 1.29 is 32.2 Å². The molecule has 0 fully saturated rings. The fourth-order valence-corrected chi connectivity index (χ4v) is 6.04. The minimum absolute atomic E-state index is 0.00357. The third kappa shape index (κ3) is 6.38. The maximum atomic E-state index is 11.7. The number of carbonyl (C=O) groups is 1. The number of hydrogen-bond acceptors (Lipinski definition) is 7. The second-order valence-corrected chi connectivity index (χ2v) is 12.6. The summed E-state index contributed by atoms with van der Waals surface area (Å²) < 4.78 is 45.4. The Bertz CT molecular complexity index is 1490. The summed E-state index contributed by atoms with van der Waals surface area (Å²) in [5, 5.41) is 0. The van der Waals surface area contributed by atoms with E-state index in [0.717, 1.165) is 46.8 Å². The molecule has 7 nitrogen and oxygen atoms in total. The molecular formula is C31H34O7S. The van der Waals surface area contributed by atoms with Crippen LogP contribution in [0.1, 0.15) is 46.6 Å². The van der Waals surface area contributed by atoms with Crippen molar-refractivity contribution in [1.82, 2.24) is 0 Å². The van der Waals surface area contributed by atoms with Gasteiger partial charge in [0.1, 0.15) is 33.7 Å². The normalized spacial score (nSPS) is 15.5. The van der Waals surface area contributed by atoms with Crippen molar-refractivity contribution in [2.45, 2.75) is 45.1 Å². The first-order chi connectivity index (χ1) is 18.7. The largest absolute Gasteiger partial charge is 0.494 e. The number of fused-ring (bicyclic) bond motifs is 4. The zero-order chi connectivity index (χ0) is 27.6. The number of ether oxygens (including phenoxy) is 4. The zero-order valence-corrected chi connectivity index (χ0v) is 23.4. The van der Waals surface area contributed by atoms with E-state index in [1.54, 1.807) is 0 Å². The number of hydrogen-bond donors (Lipinski definition) is 0. The van der Waals surface area contributed by atoms with Gasteiger partial charge in [0, 0.05) is 23.8 Å². The summed E-state index contributed by atoms with van der Waals surface area (Å²) in [5.74, 6) is 2.16. The van der Waals surface area contributed by atoms with Crippen molar-refractivity contribution in [3.05, 3.63) is 76.3 Å². The summed E-state index contributed by atoms with van der Waals surface area (Å²) in [6, 6.07) is 16.4. The van der Waals surface area contributed by atoms with Gasteiger partial charge in [0.05, 0.1) is 32.5 Å². The Labute approximate surface area is 230 Å². The zero-order valence-electron chi connectivity index (χ0n) is 22.6. The summed E-state index contributed by atoms with van der Waals surface area (Å²) in [6.45, 7) is 3.36. The number of carbonyl (C=O) groups excluding carboxylic acids is 1. The van der Waals surface area contributed by atoms with Crippen LogP contribution in [0.2, 0.25) is 0 Å². The molecule has 0 N–H and O–H groups in total. The molecule has 206 valence electrons. The molecule has 1 aliphatic heterocycles. The number of esters is 1. The highest BCUT2D eigenvalue weighted by atomic mass is 32.2. The van der Waals surface area contributed by atoms with Gasteiger partial charge >= 0.3 is 5.97 Å². The summed E-state index contributed by atoms with van der Waals surface area (Å²) >= 11 is 0. The second-order valence-electron chi connectivity index (χ2n) is 10.4. The third-order valence-corrected chi connectivity index (χ3v) is 8.37. The average molecular weight is 551 g/mol. The summed E-state index contributed by atoms with van der Waals surface area (Å²) in [6.07, 6.45) is 3.92. The fraction of sp³-hybridized carbons (Fsp3) is 0.387. The number of rotatable bonds is 10. The van der Waals surface area contributed by atoms with Crippen LogP contribution in [0.25, 0.3) is 11.1 Å². The standard InChI is InChI=1S/C31H34O7S/c1-20-13-26(36-11-4-12-39(3,33)34)15-23-8-7-22-6-5-21(14-28(22)31(20)23)18-37-25-9-10-27-24(16-30(32)35-2)19-38-29(27)17-25/h5-6,9-10,13-15,17,24H,4,7-8,11-12,16,18-19H2,1-3H3. The van der Waals surface area contributed by atoms with E-state index < -0.39 is 9.84 Å². The van der Waals surface area contributed by atoms with Gasteiger partial charge in [-0.1, -0.05) is 18.2 Å². The molecule has 0 saturated heterocycles. The van der Waals surface area contributed by atoms with Crippen LogP contribution < -0.4 is 14.2 Å². The van der Waals surface area contributed by atoms with Crippen molar-refractivity contribution in [3.63, 3.8) is 0 Å². The lowest BCUT2D eigenvalue weighted by molar-refractivity contribution is -0.141. The van der Waals surface area contributed by atoms with Crippen LogP contribution in [0.5, 0.6) is 17.2 Å². The maximum Gasteiger partial charge on any atom is 0.306 e. The van der Waals surface area contributed by atoms with Crippen molar-refractivity contribution in [1.29, 1.82) is 0 Å². The van der Waals surface area contributed by atoms with Crippen LogP contribution in [0.3, 0.4) is 0 Å². The predicted octanol–water partition coefficient (Wildman–Crippen LogP) is 5.19. The first-order valence-electron chi connectivity index (χ1n) is 13.2. The molecule has 0 saturated carbocycles. The van der Waals surface area contributed by atoms with Crippen LogP contribution in [0, 0.1) is 6.92 Å². The molecule has 3 aromatic rings. The maximum absolute atomic E-state index is 11.7. The SMILES string of the molecule is COC(=O)CC1COc2cc(OCc3ccc4c(c3)-c3c(C)cc(OCCCS(C)(=O)=O)cc3CC4)ccc21. The average Bonchev–Trinajstić information content (AvgIpc) is 3.30. The summed E-state index contributed by atoms with van der Waals surface area (Å²) in [7, 11) is -1.58. The second kappa shape index (κ2) is 11.3. The summed E-state index contributed by atoms with van der Waals surface area (Å²) in [4.78, 5) is 11.7. The van der Waals surface area contributed by atoms with Crippen molar-refractivity contribution >= 4 is 15.8 Å². The number of sulfone groups is 1. The van der Waals surface area contributed by atoms with Gasteiger partial charge in [0.25, 0.3) is 0 Å². The van der Waals surface area contributed by atoms with E-state index in [0.29, 0.717) is 32.7 Å². The molecule has 0 amide bonds. The Hall–Kier alpha value is -3.52. The number of methoxy groups -OCH3 is 1. The first kappa shape index (κ1) is 27.1. The number of aryl methyl sites for hydroxylation is 3. The van der Waals surface area contributed by atoms with Crippen molar-refractivity contribution in [2.75, 3.05) is 32.3 Å². The number of benzene rings is 3. The van der Waals surface area contributed by atoms with E-state index in [1.165, 1.54) is 35.6 Å². The highest BCUT2D eigenvalue weighted by Gasteiger charge is 2.27. The highest BCUT2D eigenvalue weighted by molar-refractivity contribution is 7.90. The van der Waals surface area contributed by atoms with E-state index in [9.17, 15) is 13.2 Å². The molecule has 39 heavy (non-hydrogen) atoms. The molecule has 5 rings (SSSR count). The van der Waals surface area contributed by atoms with Crippen molar-refractivity contribution in [3.8, 4) is 28.4 Å². The van der Waals surface area contributed by atoms with Gasteiger partial charge < -0.3 is 18.9 Å². The molecule has 0 aromatic heterocycles. The molecule has 2 aliphatic rings. The van der Waals surface area contributed by atoms with Crippen LogP contribution in [0.4, 0.5) is 0 Å².